The van der Waals surface area contributed by atoms with Crippen molar-refractivity contribution in [2.75, 3.05) is 0 Å². The van der Waals surface area contributed by atoms with Crippen molar-refractivity contribution in [2.24, 2.45) is 0 Å². The number of hydrogen-bond donors (Lipinski definition) is 1. The number of aliphatic carboxylic acids is 1. The van der Waals surface area contributed by atoms with E-state index in [4.69, 9.17) is 5.11 Å². The molecule has 0 saturated heterocycles. The van der Waals surface area contributed by atoms with Gasteiger partial charge in [-0.05, 0) is 36.6 Å². The fourth-order valence-corrected chi connectivity index (χ4v) is 1.19. The van der Waals surface area contributed by atoms with Crippen LogP contribution in [0, 0.1) is 13.8 Å². The van der Waals surface area contributed by atoms with Gasteiger partial charge in [0.25, 0.3) is 5.78 Å². The van der Waals surface area contributed by atoms with Gasteiger partial charge in [-0.15, -0.1) is 0 Å². The van der Waals surface area contributed by atoms with E-state index < -0.39 is 11.8 Å². The van der Waals surface area contributed by atoms with Crippen LogP contribution >= 0.6 is 0 Å². The highest BCUT2D eigenvalue weighted by atomic mass is 16.4. The monoisotopic (exact) mass is 204 g/mol. The van der Waals surface area contributed by atoms with Gasteiger partial charge in [-0.1, -0.05) is 24.3 Å². The topological polar surface area (TPSA) is 54.4 Å². The molecule has 0 aliphatic carbocycles. The molecule has 3 nitrogen and oxygen atoms in total. The Labute approximate surface area is 88.0 Å². The van der Waals surface area contributed by atoms with E-state index in [1.807, 2.05) is 32.0 Å². The van der Waals surface area contributed by atoms with Crippen LogP contribution in [0.5, 0.6) is 0 Å². The molecule has 0 unspecified atom stereocenters. The summed E-state index contributed by atoms with van der Waals surface area (Å²) < 4.78 is 0. The van der Waals surface area contributed by atoms with Crippen LogP contribution in [0.2, 0.25) is 0 Å². The molecule has 3 heteroatoms. The highest BCUT2D eigenvalue weighted by Crippen LogP contribution is 2.13. The van der Waals surface area contributed by atoms with Gasteiger partial charge < -0.3 is 5.11 Å². The number of benzene rings is 1. The fourth-order valence-electron chi connectivity index (χ4n) is 1.19. The van der Waals surface area contributed by atoms with Crippen molar-refractivity contribution in [3.05, 3.63) is 41.0 Å². The van der Waals surface area contributed by atoms with Gasteiger partial charge in [-0.25, -0.2) is 4.79 Å². The molecular weight excluding hydrogens is 192 g/mol. The molecule has 0 radical (unpaired) electrons. The van der Waals surface area contributed by atoms with E-state index in [1.165, 1.54) is 6.08 Å². The molecular formula is C12H12O3. The number of ketones is 1. The van der Waals surface area contributed by atoms with Crippen molar-refractivity contribution in [2.45, 2.75) is 13.8 Å². The average molecular weight is 204 g/mol. The molecule has 0 spiro atoms. The van der Waals surface area contributed by atoms with Crippen LogP contribution in [0.3, 0.4) is 0 Å². The molecule has 1 aromatic rings. The maximum absolute atomic E-state index is 10.8. The van der Waals surface area contributed by atoms with Crippen molar-refractivity contribution in [3.8, 4) is 0 Å². The Hall–Kier alpha value is -1.90. The number of carbonyl (C=O) groups is 2. The summed E-state index contributed by atoms with van der Waals surface area (Å²) in [6.45, 7) is 3.89. The lowest BCUT2D eigenvalue weighted by molar-refractivity contribution is -0.146. The van der Waals surface area contributed by atoms with Crippen LogP contribution in [-0.2, 0) is 9.59 Å². The largest absolute Gasteiger partial charge is 0.475 e. The molecule has 0 fully saturated rings. The Bertz CT molecular complexity index is 430. The Morgan fingerprint density at radius 1 is 1.27 bits per heavy atom. The second-order valence-corrected chi connectivity index (χ2v) is 3.29. The van der Waals surface area contributed by atoms with Gasteiger partial charge in [-0.2, -0.15) is 0 Å². The zero-order valence-corrected chi connectivity index (χ0v) is 8.65. The van der Waals surface area contributed by atoms with Crippen LogP contribution in [0.4, 0.5) is 0 Å². The predicted molar refractivity (Wildman–Crippen MR) is 57.6 cm³/mol. The maximum Gasteiger partial charge on any atom is 0.376 e. The smallest absolute Gasteiger partial charge is 0.376 e. The van der Waals surface area contributed by atoms with Crippen molar-refractivity contribution >= 4 is 17.8 Å². The average Bonchev–Trinajstić information content (AvgIpc) is 2.19. The lowest BCUT2D eigenvalue weighted by atomic mass is 10.0. The standard InChI is InChI=1S/C12H12O3/c1-8-4-3-5-10(9(8)2)6-7-11(13)12(14)15/h3-7H,1-2H3,(H,14,15)/b7-6+. The van der Waals surface area contributed by atoms with Crippen LogP contribution in [-0.4, -0.2) is 16.9 Å². The summed E-state index contributed by atoms with van der Waals surface area (Å²) in [7, 11) is 0. The van der Waals surface area contributed by atoms with Crippen molar-refractivity contribution < 1.29 is 14.7 Å². The number of aryl methyl sites for hydroxylation is 1. The predicted octanol–water partition coefficient (Wildman–Crippen LogP) is 1.97. The Morgan fingerprint density at radius 2 is 1.93 bits per heavy atom. The molecule has 0 heterocycles. The number of rotatable bonds is 3. The number of carboxylic acid groups (broad SMARTS) is 1. The van der Waals surface area contributed by atoms with Crippen LogP contribution in [0.15, 0.2) is 24.3 Å². The first-order chi connectivity index (χ1) is 7.02. The summed E-state index contributed by atoms with van der Waals surface area (Å²) in [4.78, 5) is 21.1. The summed E-state index contributed by atoms with van der Waals surface area (Å²) in [6.07, 6.45) is 2.60. The summed E-state index contributed by atoms with van der Waals surface area (Å²) in [6, 6.07) is 5.67. The second-order valence-electron chi connectivity index (χ2n) is 3.29. The minimum Gasteiger partial charge on any atom is -0.475 e. The van der Waals surface area contributed by atoms with Gasteiger partial charge in [0.05, 0.1) is 0 Å². The van der Waals surface area contributed by atoms with E-state index in [9.17, 15) is 9.59 Å². The molecule has 15 heavy (non-hydrogen) atoms. The van der Waals surface area contributed by atoms with Gasteiger partial charge in [0.1, 0.15) is 0 Å². The quantitative estimate of drug-likeness (QED) is 0.605. The lowest BCUT2D eigenvalue weighted by Crippen LogP contribution is -2.08. The first kappa shape index (κ1) is 11.2. The van der Waals surface area contributed by atoms with E-state index in [0.29, 0.717) is 0 Å². The third kappa shape index (κ3) is 2.77. The number of hydrogen-bond acceptors (Lipinski definition) is 2. The first-order valence-corrected chi connectivity index (χ1v) is 4.54. The van der Waals surface area contributed by atoms with Gasteiger partial charge in [-0.3, -0.25) is 4.79 Å². The van der Waals surface area contributed by atoms with Crippen molar-refractivity contribution in [1.82, 2.24) is 0 Å². The normalized spacial score (nSPS) is 10.5. The van der Waals surface area contributed by atoms with Gasteiger partial charge in [0.2, 0.25) is 0 Å². The zero-order chi connectivity index (χ0) is 11.4. The van der Waals surface area contributed by atoms with Crippen molar-refractivity contribution in [1.29, 1.82) is 0 Å². The molecule has 0 aliphatic heterocycles. The molecule has 78 valence electrons. The fraction of sp³-hybridized carbons (Fsp3) is 0.167. The minimum atomic E-state index is -1.43. The Balaban J connectivity index is 2.95. The van der Waals surface area contributed by atoms with Gasteiger partial charge in [0, 0.05) is 0 Å². The summed E-state index contributed by atoms with van der Waals surface area (Å²) in [5.41, 5.74) is 3.02. The highest BCUT2D eigenvalue weighted by molar-refractivity contribution is 6.38. The lowest BCUT2D eigenvalue weighted by Gasteiger charge is -2.02. The first-order valence-electron chi connectivity index (χ1n) is 4.54. The van der Waals surface area contributed by atoms with Gasteiger partial charge >= 0.3 is 5.97 Å². The molecule has 0 amide bonds. The van der Waals surface area contributed by atoms with E-state index in [-0.39, 0.29) is 0 Å². The summed E-state index contributed by atoms with van der Waals surface area (Å²) >= 11 is 0. The van der Waals surface area contributed by atoms with E-state index in [1.54, 1.807) is 0 Å². The maximum atomic E-state index is 10.8. The molecule has 1 aromatic carbocycles. The molecule has 1 rings (SSSR count). The third-order valence-electron chi connectivity index (χ3n) is 2.27. The molecule has 1 N–H and O–H groups in total. The molecule has 0 aliphatic rings. The Kier molecular flexibility index (Phi) is 3.39. The number of carbonyl (C=O) groups excluding carboxylic acids is 1. The van der Waals surface area contributed by atoms with Crippen LogP contribution in [0.1, 0.15) is 16.7 Å². The van der Waals surface area contributed by atoms with Crippen LogP contribution < -0.4 is 0 Å². The minimum absolute atomic E-state index is 0.865. The molecule has 0 saturated carbocycles. The van der Waals surface area contributed by atoms with Gasteiger partial charge in [0.15, 0.2) is 0 Å². The number of carboxylic acids is 1. The second kappa shape index (κ2) is 4.55. The van der Waals surface area contributed by atoms with Crippen molar-refractivity contribution in [3.63, 3.8) is 0 Å². The molecule has 0 aromatic heterocycles. The zero-order valence-electron chi connectivity index (χ0n) is 8.65. The third-order valence-corrected chi connectivity index (χ3v) is 2.27. The van der Waals surface area contributed by atoms with E-state index in [2.05, 4.69) is 0 Å². The molecule has 0 atom stereocenters. The molecule has 0 bridgehead atoms. The van der Waals surface area contributed by atoms with E-state index in [0.717, 1.165) is 22.8 Å². The SMILES string of the molecule is Cc1cccc(/C=C/C(=O)C(=O)O)c1C. The highest BCUT2D eigenvalue weighted by Gasteiger charge is 2.06. The summed E-state index contributed by atoms with van der Waals surface area (Å²) in [5, 5.41) is 8.38. The summed E-state index contributed by atoms with van der Waals surface area (Å²) in [5.74, 6) is -2.34. The van der Waals surface area contributed by atoms with Crippen LogP contribution in [0.25, 0.3) is 6.08 Å². The Morgan fingerprint density at radius 3 is 2.53 bits per heavy atom. The van der Waals surface area contributed by atoms with E-state index >= 15 is 0 Å².